The van der Waals surface area contributed by atoms with Crippen molar-refractivity contribution >= 4 is 11.4 Å². The summed E-state index contributed by atoms with van der Waals surface area (Å²) in [5, 5.41) is 14.8. The van der Waals surface area contributed by atoms with Gasteiger partial charge in [0.2, 0.25) is 5.89 Å². The van der Waals surface area contributed by atoms with Crippen LogP contribution in [0.2, 0.25) is 0 Å². The van der Waals surface area contributed by atoms with Crippen molar-refractivity contribution in [2.75, 3.05) is 19.1 Å². The average molecular weight is 296 g/mol. The maximum atomic E-state index is 13.6. The lowest BCUT2D eigenvalue weighted by Gasteiger charge is -2.18. The van der Waals surface area contributed by atoms with Crippen molar-refractivity contribution in [1.82, 2.24) is 10.1 Å². The number of hydrogen-bond acceptors (Lipinski definition) is 7. The standard InChI is InChI=1S/C12H13FN4O4/c1-7-14-12(15-21-7)6-16(2)9-5-11(20-3)8(13)4-10(9)17(18)19/h4-5H,6H2,1-3H3. The predicted octanol–water partition coefficient (Wildman–Crippen LogP) is 2.07. The molecule has 0 bridgehead atoms. The number of nitro groups is 1. The van der Waals surface area contributed by atoms with Crippen LogP contribution in [0.5, 0.6) is 5.75 Å². The highest BCUT2D eigenvalue weighted by Gasteiger charge is 2.22. The van der Waals surface area contributed by atoms with Gasteiger partial charge >= 0.3 is 0 Å². The number of aryl methyl sites for hydroxylation is 1. The summed E-state index contributed by atoms with van der Waals surface area (Å²) in [5.41, 5.74) is -0.170. The lowest BCUT2D eigenvalue weighted by Crippen LogP contribution is -2.19. The van der Waals surface area contributed by atoms with Crippen LogP contribution in [0, 0.1) is 22.9 Å². The predicted molar refractivity (Wildman–Crippen MR) is 70.7 cm³/mol. The SMILES string of the molecule is COc1cc(N(C)Cc2noc(C)n2)c([N+](=O)[O-])cc1F. The van der Waals surface area contributed by atoms with E-state index in [1.807, 2.05) is 0 Å². The molecular weight excluding hydrogens is 283 g/mol. The van der Waals surface area contributed by atoms with Crippen molar-refractivity contribution in [3.63, 3.8) is 0 Å². The molecule has 0 saturated carbocycles. The van der Waals surface area contributed by atoms with Gasteiger partial charge in [0, 0.05) is 20.0 Å². The van der Waals surface area contributed by atoms with E-state index in [4.69, 9.17) is 9.26 Å². The van der Waals surface area contributed by atoms with E-state index in [9.17, 15) is 14.5 Å². The number of anilines is 1. The van der Waals surface area contributed by atoms with Crippen LogP contribution in [0.1, 0.15) is 11.7 Å². The maximum Gasteiger partial charge on any atom is 0.295 e. The van der Waals surface area contributed by atoms with Crippen LogP contribution < -0.4 is 9.64 Å². The fourth-order valence-electron chi connectivity index (χ4n) is 1.84. The van der Waals surface area contributed by atoms with Gasteiger partial charge in [0.25, 0.3) is 5.69 Å². The summed E-state index contributed by atoms with van der Waals surface area (Å²) in [6, 6.07) is 2.09. The monoisotopic (exact) mass is 296 g/mol. The number of ether oxygens (including phenoxy) is 1. The third kappa shape index (κ3) is 3.07. The molecule has 1 heterocycles. The van der Waals surface area contributed by atoms with Gasteiger partial charge in [0.05, 0.1) is 24.6 Å². The minimum absolute atomic E-state index is 0.0771. The van der Waals surface area contributed by atoms with Gasteiger partial charge < -0.3 is 14.2 Å². The molecule has 2 aromatic rings. The molecule has 0 fully saturated rings. The molecule has 1 aromatic heterocycles. The van der Waals surface area contributed by atoms with Crippen LogP contribution in [-0.4, -0.2) is 29.2 Å². The summed E-state index contributed by atoms with van der Waals surface area (Å²) in [7, 11) is 2.89. The molecule has 0 amide bonds. The van der Waals surface area contributed by atoms with Crippen molar-refractivity contribution < 1.29 is 18.6 Å². The van der Waals surface area contributed by atoms with Gasteiger partial charge in [-0.25, -0.2) is 4.39 Å². The minimum Gasteiger partial charge on any atom is -0.494 e. The Morgan fingerprint density at radius 2 is 2.24 bits per heavy atom. The highest BCUT2D eigenvalue weighted by atomic mass is 19.1. The number of nitrogens with zero attached hydrogens (tertiary/aromatic N) is 4. The summed E-state index contributed by atoms with van der Waals surface area (Å²) in [6.45, 7) is 1.81. The first-order valence-corrected chi connectivity index (χ1v) is 5.94. The second-order valence-electron chi connectivity index (χ2n) is 4.32. The first-order valence-electron chi connectivity index (χ1n) is 5.94. The molecule has 0 unspecified atom stereocenters. The Morgan fingerprint density at radius 1 is 1.52 bits per heavy atom. The summed E-state index contributed by atoms with van der Waals surface area (Å²) < 4.78 is 23.3. The zero-order valence-corrected chi connectivity index (χ0v) is 11.7. The highest BCUT2D eigenvalue weighted by Crippen LogP contribution is 2.34. The number of methoxy groups -OCH3 is 1. The Balaban J connectivity index is 2.38. The number of rotatable bonds is 5. The Labute approximate surface area is 119 Å². The van der Waals surface area contributed by atoms with Gasteiger partial charge in [0.15, 0.2) is 17.4 Å². The molecule has 0 aliphatic rings. The Bertz CT molecular complexity index is 673. The smallest absolute Gasteiger partial charge is 0.295 e. The average Bonchev–Trinajstić information content (AvgIpc) is 2.83. The fourth-order valence-corrected chi connectivity index (χ4v) is 1.84. The number of halogens is 1. The van der Waals surface area contributed by atoms with Crippen molar-refractivity contribution in [3.8, 4) is 5.75 Å². The van der Waals surface area contributed by atoms with E-state index < -0.39 is 10.7 Å². The van der Waals surface area contributed by atoms with Crippen LogP contribution >= 0.6 is 0 Å². The molecule has 1 aromatic carbocycles. The normalized spacial score (nSPS) is 10.5. The maximum absolute atomic E-state index is 13.6. The van der Waals surface area contributed by atoms with Crippen molar-refractivity contribution in [3.05, 3.63) is 39.8 Å². The van der Waals surface area contributed by atoms with Gasteiger partial charge in [-0.15, -0.1) is 0 Å². The van der Waals surface area contributed by atoms with E-state index in [2.05, 4.69) is 10.1 Å². The molecule has 0 N–H and O–H groups in total. The van der Waals surface area contributed by atoms with Crippen molar-refractivity contribution in [1.29, 1.82) is 0 Å². The topological polar surface area (TPSA) is 94.5 Å². The Morgan fingerprint density at radius 3 is 2.76 bits per heavy atom. The van der Waals surface area contributed by atoms with Gasteiger partial charge in [-0.3, -0.25) is 10.1 Å². The van der Waals surface area contributed by atoms with Crippen LogP contribution in [0.3, 0.4) is 0 Å². The number of hydrogen-bond donors (Lipinski definition) is 0. The molecular formula is C12H13FN4O4. The second kappa shape index (κ2) is 5.73. The van der Waals surface area contributed by atoms with Crippen molar-refractivity contribution in [2.24, 2.45) is 0 Å². The third-order valence-corrected chi connectivity index (χ3v) is 2.81. The highest BCUT2D eigenvalue weighted by molar-refractivity contribution is 5.65. The molecule has 0 spiro atoms. The molecule has 0 atom stereocenters. The van der Waals surface area contributed by atoms with E-state index in [0.29, 0.717) is 11.7 Å². The lowest BCUT2D eigenvalue weighted by molar-refractivity contribution is -0.384. The molecule has 21 heavy (non-hydrogen) atoms. The first kappa shape index (κ1) is 14.7. The van der Waals surface area contributed by atoms with E-state index in [-0.39, 0.29) is 23.7 Å². The van der Waals surface area contributed by atoms with E-state index in [1.165, 1.54) is 18.1 Å². The van der Waals surface area contributed by atoms with Crippen LogP contribution in [0.25, 0.3) is 0 Å². The lowest BCUT2D eigenvalue weighted by atomic mass is 10.2. The minimum atomic E-state index is -0.795. The van der Waals surface area contributed by atoms with Crippen LogP contribution in [-0.2, 0) is 6.54 Å². The molecule has 0 aliphatic heterocycles. The van der Waals surface area contributed by atoms with E-state index in [0.717, 1.165) is 6.07 Å². The summed E-state index contributed by atoms with van der Waals surface area (Å²) in [4.78, 5) is 15.9. The zero-order chi connectivity index (χ0) is 15.6. The second-order valence-corrected chi connectivity index (χ2v) is 4.32. The van der Waals surface area contributed by atoms with Gasteiger partial charge in [0.1, 0.15) is 5.69 Å². The number of benzene rings is 1. The Kier molecular flexibility index (Phi) is 4.01. The van der Waals surface area contributed by atoms with Gasteiger partial charge in [-0.05, 0) is 0 Å². The van der Waals surface area contributed by atoms with E-state index in [1.54, 1.807) is 14.0 Å². The van der Waals surface area contributed by atoms with Gasteiger partial charge in [-0.1, -0.05) is 5.16 Å². The number of nitro benzene ring substituents is 1. The molecule has 8 nitrogen and oxygen atoms in total. The van der Waals surface area contributed by atoms with E-state index >= 15 is 0 Å². The first-order chi connectivity index (χ1) is 9.92. The molecule has 0 radical (unpaired) electrons. The molecule has 9 heteroatoms. The van der Waals surface area contributed by atoms with Crippen LogP contribution in [0.4, 0.5) is 15.8 Å². The summed E-state index contributed by atoms with van der Waals surface area (Å²) in [6.07, 6.45) is 0. The molecule has 112 valence electrons. The Hall–Kier alpha value is -2.71. The van der Waals surface area contributed by atoms with Gasteiger partial charge in [-0.2, -0.15) is 4.98 Å². The molecule has 2 rings (SSSR count). The zero-order valence-electron chi connectivity index (χ0n) is 11.7. The van der Waals surface area contributed by atoms with Crippen molar-refractivity contribution in [2.45, 2.75) is 13.5 Å². The number of aromatic nitrogens is 2. The van der Waals surface area contributed by atoms with Crippen LogP contribution in [0.15, 0.2) is 16.7 Å². The quantitative estimate of drug-likeness (QED) is 0.615. The fraction of sp³-hybridized carbons (Fsp3) is 0.333. The molecule has 0 saturated heterocycles. The summed E-state index contributed by atoms with van der Waals surface area (Å²) >= 11 is 0. The third-order valence-electron chi connectivity index (χ3n) is 2.81. The summed E-state index contributed by atoms with van der Waals surface area (Å²) in [5.74, 6) is -0.110. The largest absolute Gasteiger partial charge is 0.494 e. The molecule has 0 aliphatic carbocycles.